The van der Waals surface area contributed by atoms with Crippen molar-refractivity contribution in [3.05, 3.63) is 122 Å². The highest BCUT2D eigenvalue weighted by Gasteiger charge is 2.72. The molecule has 5 aliphatic rings. The zero-order valence-electron chi connectivity index (χ0n) is 35.4. The number of hydrogen-bond donors (Lipinski definition) is 5. The summed E-state index contributed by atoms with van der Waals surface area (Å²) in [6.45, 7) is 0.517. The van der Waals surface area contributed by atoms with E-state index in [1.165, 1.54) is 18.1 Å². The molecule has 5 N–H and O–H groups in total. The Hall–Kier alpha value is -6.27. The van der Waals surface area contributed by atoms with Crippen LogP contribution in [-0.2, 0) is 31.1 Å². The maximum absolute atomic E-state index is 16.3. The van der Waals surface area contributed by atoms with E-state index in [9.17, 15) is 28.8 Å². The van der Waals surface area contributed by atoms with E-state index in [2.05, 4.69) is 38.4 Å². The van der Waals surface area contributed by atoms with Gasteiger partial charge >= 0.3 is 0 Å². The van der Waals surface area contributed by atoms with Crippen LogP contribution in [0.25, 0.3) is 0 Å². The fourth-order valence-corrected chi connectivity index (χ4v) is 11.1. The van der Waals surface area contributed by atoms with Gasteiger partial charge in [-0.15, -0.1) is 0 Å². The lowest BCUT2D eigenvalue weighted by molar-refractivity contribution is -0.137. The fraction of sp³-hybridized carbons (Fsp3) is 0.347. The lowest BCUT2D eigenvalue weighted by atomic mass is 9.55. The Kier molecular flexibility index (Phi) is 11.9. The molecule has 1 saturated carbocycles. The van der Waals surface area contributed by atoms with Gasteiger partial charge in [0.2, 0.25) is 23.6 Å². The lowest BCUT2D eigenvalue weighted by Gasteiger charge is -2.47. The van der Waals surface area contributed by atoms with E-state index in [-0.39, 0.29) is 59.0 Å². The number of methoxy groups -OCH3 is 1. The number of ether oxygens (including phenoxy) is 1. The third kappa shape index (κ3) is 7.59. The first kappa shape index (κ1) is 44.0. The zero-order valence-corrected chi connectivity index (χ0v) is 36.9. The number of piperidine rings is 1. The van der Waals surface area contributed by atoms with Crippen LogP contribution in [0.5, 0.6) is 5.75 Å². The van der Waals surface area contributed by atoms with E-state index in [4.69, 9.17) is 27.9 Å². The molecule has 2 saturated heterocycles. The highest BCUT2D eigenvalue weighted by molar-refractivity contribution is 6.31. The van der Waals surface area contributed by atoms with E-state index in [0.717, 1.165) is 24.8 Å². The number of fused-ring (bicyclic) bond motifs is 4. The highest BCUT2D eigenvalue weighted by atomic mass is 35.5. The molecule has 16 heteroatoms. The second-order valence-corrected chi connectivity index (χ2v) is 18.0. The number of benzene rings is 4. The number of nitrogens with zero attached hydrogens (tertiary/aromatic N) is 1. The molecule has 4 aliphatic heterocycles. The van der Waals surface area contributed by atoms with Crippen molar-refractivity contribution in [1.29, 1.82) is 0 Å². The molecular weight excluding hydrogens is 874 g/mol. The Morgan fingerprint density at radius 2 is 1.77 bits per heavy atom. The third-order valence-corrected chi connectivity index (χ3v) is 14.1. The first-order valence-electron chi connectivity index (χ1n) is 21.7. The van der Waals surface area contributed by atoms with Gasteiger partial charge < -0.3 is 25.6 Å². The summed E-state index contributed by atoms with van der Waals surface area (Å²) >= 11 is 12.8. The summed E-state index contributed by atoms with van der Waals surface area (Å²) in [5.74, 6) is 2.40. The number of unbranched alkanes of at least 4 members (excludes halogenated alkanes) is 1. The smallest absolute Gasteiger partial charge is 0.255 e. The number of hydrogen-bond acceptors (Lipinski definition) is 8. The van der Waals surface area contributed by atoms with Gasteiger partial charge in [0.25, 0.3) is 11.8 Å². The largest absolute Gasteiger partial charge is 0.496 e. The zero-order chi connectivity index (χ0) is 45.6. The molecule has 0 aromatic heterocycles. The van der Waals surface area contributed by atoms with Crippen LogP contribution in [0, 0.1) is 17.7 Å². The minimum absolute atomic E-state index is 0.127. The normalized spacial score (nSPS) is 22.8. The first-order valence-corrected chi connectivity index (χ1v) is 22.5. The summed E-state index contributed by atoms with van der Waals surface area (Å²) in [4.78, 5) is 81.6. The molecule has 4 aromatic carbocycles. The van der Waals surface area contributed by atoms with Crippen LogP contribution in [0.3, 0.4) is 0 Å². The van der Waals surface area contributed by atoms with E-state index < -0.39 is 52.5 Å². The molecule has 4 heterocycles. The average molecular weight is 920 g/mol. The average Bonchev–Trinajstić information content (AvgIpc) is 3.89. The molecule has 4 aromatic rings. The molecule has 334 valence electrons. The van der Waals surface area contributed by atoms with Gasteiger partial charge in [0.05, 0.1) is 23.7 Å². The van der Waals surface area contributed by atoms with Gasteiger partial charge in [-0.2, -0.15) is 0 Å². The summed E-state index contributed by atoms with van der Waals surface area (Å²) in [7, 11) is 1.42. The second kappa shape index (κ2) is 17.6. The molecule has 6 amide bonds. The molecule has 4 atom stereocenters. The van der Waals surface area contributed by atoms with Gasteiger partial charge in [0.15, 0.2) is 0 Å². The van der Waals surface area contributed by atoms with Crippen LogP contribution in [0.1, 0.15) is 107 Å². The SMILES string of the molecule is COc1cc(NC(=O)[C@@H]2NC3(CCCCC3)[C@@]3(C(=O)Nc4cc(Cl)ccc43)[C@H]2c2cccc(Cl)c2F)ccc1C(=O)NCCCC#Cc1cccc2c1CN(C1CCC(=O)NC1=O)C2=O. The number of imide groups is 1. The molecular formula is C49H45Cl2FN6O7. The Labute approximate surface area is 384 Å². The number of nitrogens with one attached hydrogen (secondary N) is 5. The predicted octanol–water partition coefficient (Wildman–Crippen LogP) is 6.75. The first-order chi connectivity index (χ1) is 31.4. The van der Waals surface area contributed by atoms with Crippen LogP contribution in [0.2, 0.25) is 10.0 Å². The summed E-state index contributed by atoms with van der Waals surface area (Å²) < 4.78 is 21.9. The minimum Gasteiger partial charge on any atom is -0.496 e. The Bertz CT molecular complexity index is 2750. The van der Waals surface area contributed by atoms with Gasteiger partial charge in [-0.05, 0) is 84.8 Å². The third-order valence-electron chi connectivity index (χ3n) is 13.6. The number of rotatable bonds is 9. The minimum atomic E-state index is -1.39. The van der Waals surface area contributed by atoms with Crippen molar-refractivity contribution >= 4 is 70.0 Å². The molecule has 3 fully saturated rings. The van der Waals surface area contributed by atoms with E-state index >= 15 is 4.39 Å². The van der Waals surface area contributed by atoms with Crippen LogP contribution in [-0.4, -0.2) is 71.6 Å². The lowest BCUT2D eigenvalue weighted by Crippen LogP contribution is -2.60. The summed E-state index contributed by atoms with van der Waals surface area (Å²) in [6, 6.07) is 18.0. The van der Waals surface area contributed by atoms with Gasteiger partial charge in [-0.1, -0.05) is 78.6 Å². The molecule has 13 nitrogen and oxygen atoms in total. The van der Waals surface area contributed by atoms with Crippen molar-refractivity contribution in [2.75, 3.05) is 24.3 Å². The Morgan fingerprint density at radius 1 is 0.969 bits per heavy atom. The molecule has 1 unspecified atom stereocenters. The maximum Gasteiger partial charge on any atom is 0.255 e. The predicted molar refractivity (Wildman–Crippen MR) is 241 cm³/mol. The second-order valence-electron chi connectivity index (χ2n) is 17.1. The molecule has 9 rings (SSSR count). The summed E-state index contributed by atoms with van der Waals surface area (Å²) in [5.41, 5.74) is 1.44. The van der Waals surface area contributed by atoms with Crippen LogP contribution in [0.15, 0.2) is 72.8 Å². The molecule has 65 heavy (non-hydrogen) atoms. The number of carbonyl (C=O) groups is 6. The maximum atomic E-state index is 16.3. The van der Waals surface area contributed by atoms with Gasteiger partial charge in [0.1, 0.15) is 23.0 Å². The fourth-order valence-electron chi connectivity index (χ4n) is 10.7. The standard InChI is InChI=1S/C49H45Cl2FN6O7/c1-65-38-25-29(16-17-31(38)43(60)53-23-7-2-4-10-27-11-8-12-30-33(27)26-58(46(30)63)37-19-20-39(59)56-44(37)61)54-45(62)42-40(32-13-9-14-35(51)41(32)52)49(48(57-42)21-5-3-6-22-48)34-18-15-28(50)24-36(34)55-47(49)64/h8-9,11-18,24-25,37,40,42,57H,2-3,5-7,19-23,26H2,1H3,(H,53,60)(H,54,62)(H,55,64)(H,56,59,61)/t37?,40-,42+,49+/m0/s1. The van der Waals surface area contributed by atoms with Crippen LogP contribution in [0.4, 0.5) is 15.8 Å². The Morgan fingerprint density at radius 3 is 2.55 bits per heavy atom. The topological polar surface area (TPSA) is 175 Å². The van der Waals surface area contributed by atoms with Gasteiger partial charge in [0, 0.05) is 71.0 Å². The van der Waals surface area contributed by atoms with Crippen molar-refractivity contribution in [1.82, 2.24) is 20.9 Å². The number of amides is 6. The Balaban J connectivity index is 0.889. The molecule has 2 spiro atoms. The quantitative estimate of drug-likeness (QED) is 0.0697. The van der Waals surface area contributed by atoms with E-state index in [1.807, 2.05) is 6.07 Å². The summed E-state index contributed by atoms with van der Waals surface area (Å²) in [6.07, 6.45) is 5.08. The number of halogens is 3. The summed E-state index contributed by atoms with van der Waals surface area (Å²) in [5, 5.41) is 15.1. The van der Waals surface area contributed by atoms with Crippen LogP contribution >= 0.6 is 23.2 Å². The molecule has 0 radical (unpaired) electrons. The molecule has 0 bridgehead atoms. The van der Waals surface area contributed by atoms with Crippen molar-refractivity contribution < 1.29 is 37.9 Å². The van der Waals surface area contributed by atoms with Crippen molar-refractivity contribution in [2.24, 2.45) is 0 Å². The van der Waals surface area contributed by atoms with Gasteiger partial charge in [-0.3, -0.25) is 39.4 Å². The van der Waals surface area contributed by atoms with Gasteiger partial charge in [-0.25, -0.2) is 4.39 Å². The van der Waals surface area contributed by atoms with Crippen molar-refractivity contribution in [3.63, 3.8) is 0 Å². The van der Waals surface area contributed by atoms with E-state index in [0.29, 0.717) is 65.3 Å². The monoisotopic (exact) mass is 918 g/mol. The van der Waals surface area contributed by atoms with Crippen molar-refractivity contribution in [2.45, 2.75) is 93.3 Å². The van der Waals surface area contributed by atoms with Crippen molar-refractivity contribution in [3.8, 4) is 17.6 Å². The van der Waals surface area contributed by atoms with Crippen LogP contribution < -0.4 is 31.3 Å². The number of anilines is 2. The highest BCUT2D eigenvalue weighted by Crippen LogP contribution is 2.63. The molecule has 1 aliphatic carbocycles. The van der Waals surface area contributed by atoms with E-state index in [1.54, 1.807) is 60.7 Å². The number of carbonyl (C=O) groups excluding carboxylic acids is 6.